The van der Waals surface area contributed by atoms with Crippen molar-refractivity contribution >= 4 is 41.2 Å². The van der Waals surface area contributed by atoms with E-state index in [0.29, 0.717) is 25.0 Å². The first-order valence-corrected chi connectivity index (χ1v) is 30.8. The molecule has 0 radical (unpaired) electrons. The van der Waals surface area contributed by atoms with Gasteiger partial charge in [0.25, 0.3) is 0 Å². The molecule has 0 heterocycles. The molecular weight excluding hydrogens is 977 g/mol. The second kappa shape index (κ2) is 39.3. The van der Waals surface area contributed by atoms with Crippen LogP contribution in [-0.2, 0) is 55.6 Å². The number of aliphatic hydroxyl groups excluding tert-OH is 3. The van der Waals surface area contributed by atoms with Gasteiger partial charge in [0.1, 0.15) is 49.0 Å². The van der Waals surface area contributed by atoms with Gasteiger partial charge in [0.05, 0.1) is 6.61 Å². The largest absolute Gasteiger partial charge is 0.472 e. The van der Waals surface area contributed by atoms with Gasteiger partial charge < -0.3 is 49.3 Å². The predicted octanol–water partition coefficient (Wildman–Crippen LogP) is 9.48. The molecule has 23 heteroatoms. The molecule has 0 aromatic rings. The minimum Gasteiger partial charge on any atom is -0.462 e. The fraction of sp³-hybridized carbons (Fsp3) is 0.936. The summed E-state index contributed by atoms with van der Waals surface area (Å²) in [6, 6.07) is 0. The molecule has 20 nitrogen and oxygen atoms in total. The molecule has 1 rings (SSSR count). The van der Waals surface area contributed by atoms with E-state index in [9.17, 15) is 67.9 Å². The zero-order valence-electron chi connectivity index (χ0n) is 42.1. The van der Waals surface area contributed by atoms with Crippen LogP contribution in [0.1, 0.15) is 226 Å². The van der Waals surface area contributed by atoms with Crippen molar-refractivity contribution in [2.24, 2.45) is 0 Å². The van der Waals surface area contributed by atoms with E-state index in [1.165, 1.54) is 89.9 Å². The van der Waals surface area contributed by atoms with Gasteiger partial charge in [-0.2, -0.15) is 0 Å². The van der Waals surface area contributed by atoms with Gasteiger partial charge in [-0.15, -0.1) is 0 Å². The zero-order chi connectivity index (χ0) is 52.3. The Kier molecular flexibility index (Phi) is 37.5. The Morgan fingerprint density at radius 3 is 1.10 bits per heavy atom. The highest BCUT2D eigenvalue weighted by Gasteiger charge is 2.56. The van der Waals surface area contributed by atoms with E-state index in [1.54, 1.807) is 0 Å². The van der Waals surface area contributed by atoms with Gasteiger partial charge in [-0.25, -0.2) is 13.7 Å². The quantitative estimate of drug-likeness (QED) is 0.0160. The number of aliphatic hydroxyl groups is 3. The minimum absolute atomic E-state index is 0.00885. The standard InChI is InChI=1S/C47H91O20P3/c1-3-5-6-7-8-9-10-14-19-22-25-28-31-35-41(50)64-39(36-62-40(49)34-30-27-24-21-18-16-13-11-12-15-17-20-23-26-29-33-38(48)32-4-2)37-63-70(60,61)67-47-43(52)45(65-68(54,55)56)42(51)46(44(47)53)66-69(57,58)59/h39,42-47,51-53H,3-37H2,1-2H3,(H,60,61)(H2,54,55,56)(H2,57,58,59)/t39-,42?,43-,44?,45-,46+,47?/m1/s1. The first kappa shape index (κ1) is 66.8. The second-order valence-corrected chi connectivity index (χ2v) is 22.6. The Labute approximate surface area is 417 Å². The Balaban J connectivity index is 2.64. The lowest BCUT2D eigenvalue weighted by atomic mass is 9.85. The molecule has 0 bridgehead atoms. The van der Waals surface area contributed by atoms with Crippen molar-refractivity contribution in [2.45, 2.75) is 268 Å². The maximum atomic E-state index is 13.2. The van der Waals surface area contributed by atoms with Gasteiger partial charge >= 0.3 is 35.4 Å². The first-order chi connectivity index (χ1) is 33.2. The van der Waals surface area contributed by atoms with Gasteiger partial charge in [0.2, 0.25) is 0 Å². The third-order valence-corrected chi connectivity index (χ3v) is 14.3. The van der Waals surface area contributed by atoms with Crippen molar-refractivity contribution in [1.82, 2.24) is 0 Å². The van der Waals surface area contributed by atoms with Gasteiger partial charge in [-0.1, -0.05) is 174 Å². The summed E-state index contributed by atoms with van der Waals surface area (Å²) < 4.78 is 65.6. The number of rotatable bonds is 46. The smallest absolute Gasteiger partial charge is 0.462 e. The number of carbonyl (C=O) groups is 3. The lowest BCUT2D eigenvalue weighted by Gasteiger charge is -2.44. The van der Waals surface area contributed by atoms with E-state index in [-0.39, 0.29) is 12.8 Å². The molecule has 4 unspecified atom stereocenters. The number of phosphoric ester groups is 3. The van der Waals surface area contributed by atoms with Gasteiger partial charge in [-0.05, 0) is 25.7 Å². The average Bonchev–Trinajstić information content (AvgIpc) is 3.28. The highest BCUT2D eigenvalue weighted by Crippen LogP contribution is 2.51. The minimum atomic E-state index is -5.55. The fourth-order valence-corrected chi connectivity index (χ4v) is 10.5. The summed E-state index contributed by atoms with van der Waals surface area (Å²) in [5.74, 6) is -0.931. The molecule has 1 aliphatic carbocycles. The summed E-state index contributed by atoms with van der Waals surface area (Å²) in [6.07, 6.45) is 16.5. The Morgan fingerprint density at radius 2 is 0.743 bits per heavy atom. The monoisotopic (exact) mass is 1070 g/mol. The molecule has 70 heavy (non-hydrogen) atoms. The number of hydrogen-bond acceptors (Lipinski definition) is 15. The topological polar surface area (TPSA) is 320 Å². The number of carbonyl (C=O) groups excluding carboxylic acids is 3. The van der Waals surface area contributed by atoms with Crippen molar-refractivity contribution in [3.8, 4) is 0 Å². The number of ketones is 1. The van der Waals surface area contributed by atoms with E-state index < -0.39 is 91.3 Å². The Hall–Kier alpha value is -1.18. The predicted molar refractivity (Wildman–Crippen MR) is 262 cm³/mol. The summed E-state index contributed by atoms with van der Waals surface area (Å²) >= 11 is 0. The molecule has 1 aliphatic rings. The molecule has 1 fully saturated rings. The van der Waals surface area contributed by atoms with Crippen LogP contribution in [-0.4, -0.2) is 113 Å². The van der Waals surface area contributed by atoms with Crippen LogP contribution >= 0.6 is 23.5 Å². The average molecular weight is 1070 g/mol. The number of unbranched alkanes of at least 4 members (excludes halogenated alkanes) is 26. The maximum absolute atomic E-state index is 13.2. The van der Waals surface area contributed by atoms with Crippen LogP contribution in [0.15, 0.2) is 0 Å². The van der Waals surface area contributed by atoms with Crippen molar-refractivity contribution in [3.63, 3.8) is 0 Å². The van der Waals surface area contributed by atoms with E-state index in [1.807, 2.05) is 6.92 Å². The van der Waals surface area contributed by atoms with Crippen molar-refractivity contribution in [3.05, 3.63) is 0 Å². The molecule has 414 valence electrons. The molecule has 0 aromatic heterocycles. The molecule has 8 N–H and O–H groups in total. The molecule has 0 saturated heterocycles. The van der Waals surface area contributed by atoms with E-state index in [0.717, 1.165) is 89.9 Å². The van der Waals surface area contributed by atoms with Crippen molar-refractivity contribution < 1.29 is 95.4 Å². The zero-order valence-corrected chi connectivity index (χ0v) is 44.8. The molecule has 0 aliphatic heterocycles. The summed E-state index contributed by atoms with van der Waals surface area (Å²) in [6.45, 7) is 2.72. The SMILES string of the molecule is CCCCCCCCCCCCCCCC(=O)O[C@H](COC(=O)CCCCCCCCCCCCCCCCCC(=O)CCC)COP(=O)(O)OC1C(O)[C@@H](OP(=O)(O)O)C(O)[C@@H](OP(=O)(O)O)[C@H]1O. The van der Waals surface area contributed by atoms with Crippen LogP contribution in [0.5, 0.6) is 0 Å². The Bertz CT molecular complexity index is 1490. The molecular formula is C47H91O20P3. The third kappa shape index (κ3) is 35.1. The lowest BCUT2D eigenvalue weighted by molar-refractivity contribution is -0.213. The summed E-state index contributed by atoms with van der Waals surface area (Å²) in [4.78, 5) is 85.0. The van der Waals surface area contributed by atoms with Gasteiger partial charge in [-0.3, -0.25) is 32.5 Å². The van der Waals surface area contributed by atoms with Crippen LogP contribution < -0.4 is 0 Å². The van der Waals surface area contributed by atoms with E-state index in [4.69, 9.17) is 18.5 Å². The van der Waals surface area contributed by atoms with Crippen LogP contribution in [0.4, 0.5) is 0 Å². The van der Waals surface area contributed by atoms with Crippen molar-refractivity contribution in [2.75, 3.05) is 13.2 Å². The molecule has 8 atom stereocenters. The highest BCUT2D eigenvalue weighted by atomic mass is 31.2. The molecule has 0 aromatic carbocycles. The second-order valence-electron chi connectivity index (χ2n) is 18.8. The number of ether oxygens (including phenoxy) is 2. The number of phosphoric acid groups is 3. The summed E-state index contributed by atoms with van der Waals surface area (Å²) in [5.41, 5.74) is 0. The first-order valence-electron chi connectivity index (χ1n) is 26.2. The third-order valence-electron chi connectivity index (χ3n) is 12.3. The van der Waals surface area contributed by atoms with Crippen LogP contribution in [0, 0.1) is 0 Å². The Morgan fingerprint density at radius 1 is 0.414 bits per heavy atom. The van der Waals surface area contributed by atoms with Gasteiger partial charge in [0.15, 0.2) is 6.10 Å². The molecule has 0 spiro atoms. The summed E-state index contributed by atoms with van der Waals surface area (Å²) in [7, 11) is -16.6. The molecule has 0 amide bonds. The number of hydrogen-bond donors (Lipinski definition) is 8. The van der Waals surface area contributed by atoms with Crippen LogP contribution in [0.3, 0.4) is 0 Å². The highest BCUT2D eigenvalue weighted by molar-refractivity contribution is 7.47. The normalized spacial score (nSPS) is 21.1. The van der Waals surface area contributed by atoms with Crippen LogP contribution in [0.25, 0.3) is 0 Å². The van der Waals surface area contributed by atoms with E-state index in [2.05, 4.69) is 16.0 Å². The number of Topliss-reactive ketones (excluding diaryl/α,β-unsaturated/α-hetero) is 1. The van der Waals surface area contributed by atoms with Crippen molar-refractivity contribution in [1.29, 1.82) is 0 Å². The van der Waals surface area contributed by atoms with E-state index >= 15 is 0 Å². The van der Waals surface area contributed by atoms with Crippen LogP contribution in [0.2, 0.25) is 0 Å². The lowest BCUT2D eigenvalue weighted by Crippen LogP contribution is -2.65. The maximum Gasteiger partial charge on any atom is 0.472 e. The summed E-state index contributed by atoms with van der Waals surface area (Å²) in [5, 5.41) is 31.9. The molecule has 1 saturated carbocycles. The number of esters is 2. The van der Waals surface area contributed by atoms with Gasteiger partial charge in [0, 0.05) is 25.7 Å². The fourth-order valence-electron chi connectivity index (χ4n) is 8.42.